The van der Waals surface area contributed by atoms with Crippen molar-refractivity contribution in [3.63, 3.8) is 0 Å². The molecule has 1 aromatic heterocycles. The lowest BCUT2D eigenvalue weighted by Crippen LogP contribution is -2.49. The normalized spacial score (nSPS) is 17.4. The van der Waals surface area contributed by atoms with Crippen LogP contribution < -0.4 is 10.2 Å². The molecule has 3 rings (SSSR count). The van der Waals surface area contributed by atoms with E-state index in [-0.39, 0.29) is 19.5 Å². The molecule has 1 saturated heterocycles. The first-order valence-electron chi connectivity index (χ1n) is 10.6. The quantitative estimate of drug-likeness (QED) is 0.366. The van der Waals surface area contributed by atoms with E-state index in [2.05, 4.69) is 39.3 Å². The minimum absolute atomic E-state index is 0.0165. The first kappa shape index (κ1) is 28.5. The van der Waals surface area contributed by atoms with Crippen LogP contribution in [0.15, 0.2) is 29.2 Å². The first-order valence-corrected chi connectivity index (χ1v) is 11.6. The average Bonchev–Trinajstić information content (AvgIpc) is 2.77. The number of aliphatic hydroxyl groups excluding tert-OH is 1. The number of benzene rings is 1. The topological polar surface area (TPSA) is 111 Å². The Morgan fingerprint density at radius 1 is 1.29 bits per heavy atom. The summed E-state index contributed by atoms with van der Waals surface area (Å²) in [4.78, 5) is 24.8. The molecule has 0 aliphatic carbocycles. The Kier molecular flexibility index (Phi) is 10.0. The second kappa shape index (κ2) is 12.3. The van der Waals surface area contributed by atoms with Crippen LogP contribution >= 0.6 is 11.8 Å². The molecule has 1 aliphatic heterocycles. The van der Waals surface area contributed by atoms with E-state index in [0.29, 0.717) is 24.3 Å². The number of aryl methyl sites for hydroxylation is 1. The predicted octanol–water partition coefficient (Wildman–Crippen LogP) is 3.99. The van der Waals surface area contributed by atoms with Crippen molar-refractivity contribution in [2.45, 2.75) is 43.8 Å². The lowest BCUT2D eigenvalue weighted by Gasteiger charge is -2.37. The Balaban J connectivity index is 0.000000540. The van der Waals surface area contributed by atoms with Crippen LogP contribution in [0.5, 0.6) is 0 Å². The number of aliphatic hydroxyl groups is 1. The summed E-state index contributed by atoms with van der Waals surface area (Å²) >= 11 is 1.78. The number of thioether (sulfide) groups is 1. The van der Waals surface area contributed by atoms with Crippen molar-refractivity contribution in [2.75, 3.05) is 35.7 Å². The number of alkyl halides is 5. The monoisotopic (exact) mass is 523 g/mol. The van der Waals surface area contributed by atoms with Gasteiger partial charge >= 0.3 is 12.1 Å². The molecule has 0 radical (unpaired) electrons. The summed E-state index contributed by atoms with van der Waals surface area (Å²) < 4.78 is 59.5. The van der Waals surface area contributed by atoms with Crippen LogP contribution in [0.3, 0.4) is 0 Å². The van der Waals surface area contributed by atoms with Gasteiger partial charge in [-0.25, -0.2) is 13.6 Å². The fourth-order valence-corrected chi connectivity index (χ4v) is 3.88. The fourth-order valence-electron chi connectivity index (χ4n) is 3.13. The smallest absolute Gasteiger partial charge is 0.475 e. The van der Waals surface area contributed by atoms with Crippen molar-refractivity contribution < 1.29 is 37.0 Å². The van der Waals surface area contributed by atoms with E-state index in [0.717, 1.165) is 11.3 Å². The second-order valence-electron chi connectivity index (χ2n) is 7.58. The Hall–Kier alpha value is -2.74. The summed E-state index contributed by atoms with van der Waals surface area (Å²) in [7, 11) is 0. The van der Waals surface area contributed by atoms with Gasteiger partial charge in [0.15, 0.2) is 0 Å². The molecule has 2 heterocycles. The third-order valence-electron chi connectivity index (χ3n) is 4.89. The highest BCUT2D eigenvalue weighted by atomic mass is 32.2. The largest absolute Gasteiger partial charge is 0.490 e. The van der Waals surface area contributed by atoms with Gasteiger partial charge in [0.25, 0.3) is 5.92 Å². The Morgan fingerprint density at radius 2 is 1.97 bits per heavy atom. The molecule has 1 atom stereocenters. The van der Waals surface area contributed by atoms with E-state index in [1.807, 2.05) is 12.1 Å². The van der Waals surface area contributed by atoms with Gasteiger partial charge in [-0.1, -0.05) is 19.1 Å². The molecule has 1 aliphatic rings. The van der Waals surface area contributed by atoms with Gasteiger partial charge in [0.2, 0.25) is 11.9 Å². The maximum absolute atomic E-state index is 13.9. The molecule has 194 valence electrons. The van der Waals surface area contributed by atoms with Gasteiger partial charge in [0.05, 0.1) is 12.5 Å². The van der Waals surface area contributed by atoms with Crippen LogP contribution in [0.2, 0.25) is 0 Å². The molecule has 1 fully saturated rings. The summed E-state index contributed by atoms with van der Waals surface area (Å²) in [6, 6.07) is 8.24. The molecular formula is C21H26F5N5O3S. The van der Waals surface area contributed by atoms with E-state index in [4.69, 9.17) is 9.90 Å². The molecule has 35 heavy (non-hydrogen) atoms. The summed E-state index contributed by atoms with van der Waals surface area (Å²) in [5.74, 6) is -4.44. The summed E-state index contributed by atoms with van der Waals surface area (Å²) in [5.41, 5.74) is 1.11. The number of anilines is 2. The van der Waals surface area contributed by atoms with Crippen molar-refractivity contribution in [1.29, 1.82) is 0 Å². The van der Waals surface area contributed by atoms with E-state index >= 15 is 0 Å². The van der Waals surface area contributed by atoms with Crippen LogP contribution in [0.4, 0.5) is 33.8 Å². The molecule has 1 aromatic carbocycles. The van der Waals surface area contributed by atoms with Gasteiger partial charge < -0.3 is 20.4 Å². The van der Waals surface area contributed by atoms with Gasteiger partial charge in [-0.15, -0.1) is 11.8 Å². The third kappa shape index (κ3) is 8.76. The van der Waals surface area contributed by atoms with E-state index in [1.165, 1.54) is 4.90 Å². The molecule has 8 nitrogen and oxygen atoms in total. The van der Waals surface area contributed by atoms with Gasteiger partial charge in [0.1, 0.15) is 5.82 Å². The lowest BCUT2D eigenvalue weighted by molar-refractivity contribution is -0.192. The SMILES string of the molecule is CCSc1cccc(CNc2nc(C)nc(N3CCC(F)(F)C(CO)C3)n2)c1.O=C(O)C(F)(F)F. The van der Waals surface area contributed by atoms with Crippen molar-refractivity contribution in [3.8, 4) is 0 Å². The van der Waals surface area contributed by atoms with Crippen LogP contribution in [-0.2, 0) is 11.3 Å². The zero-order chi connectivity index (χ0) is 26.2. The summed E-state index contributed by atoms with van der Waals surface area (Å²) in [6.45, 7) is 4.01. The lowest BCUT2D eigenvalue weighted by atomic mass is 9.94. The zero-order valence-electron chi connectivity index (χ0n) is 19.0. The van der Waals surface area contributed by atoms with Crippen molar-refractivity contribution in [1.82, 2.24) is 15.0 Å². The second-order valence-corrected chi connectivity index (χ2v) is 8.92. The molecule has 0 spiro atoms. The maximum atomic E-state index is 13.9. The number of carboxylic acid groups (broad SMARTS) is 1. The number of hydrogen-bond acceptors (Lipinski definition) is 8. The highest BCUT2D eigenvalue weighted by Gasteiger charge is 2.44. The number of hydrogen-bond donors (Lipinski definition) is 3. The number of carbonyl (C=O) groups is 1. The van der Waals surface area contributed by atoms with Crippen LogP contribution in [-0.4, -0.2) is 68.7 Å². The number of halogens is 5. The number of carboxylic acids is 1. The Morgan fingerprint density at radius 3 is 2.57 bits per heavy atom. The minimum Gasteiger partial charge on any atom is -0.475 e. The maximum Gasteiger partial charge on any atom is 0.490 e. The van der Waals surface area contributed by atoms with Gasteiger partial charge in [-0.2, -0.15) is 28.1 Å². The highest BCUT2D eigenvalue weighted by molar-refractivity contribution is 7.99. The number of nitrogens with zero attached hydrogens (tertiary/aromatic N) is 4. The number of aromatic nitrogens is 3. The Labute approximate surface area is 203 Å². The van der Waals surface area contributed by atoms with Gasteiger partial charge in [0, 0.05) is 31.0 Å². The molecular weight excluding hydrogens is 497 g/mol. The molecule has 0 amide bonds. The van der Waals surface area contributed by atoms with Gasteiger partial charge in [-0.3, -0.25) is 0 Å². The summed E-state index contributed by atoms with van der Waals surface area (Å²) in [5, 5.41) is 19.6. The van der Waals surface area contributed by atoms with Crippen LogP contribution in [0.25, 0.3) is 0 Å². The van der Waals surface area contributed by atoms with Gasteiger partial charge in [-0.05, 0) is 30.4 Å². The first-order chi connectivity index (χ1) is 16.4. The fraction of sp³-hybridized carbons (Fsp3) is 0.524. The zero-order valence-corrected chi connectivity index (χ0v) is 19.8. The number of nitrogens with one attached hydrogen (secondary N) is 1. The number of rotatable bonds is 7. The molecule has 14 heteroatoms. The molecule has 3 N–H and O–H groups in total. The molecule has 0 saturated carbocycles. The van der Waals surface area contributed by atoms with Crippen molar-refractivity contribution in [3.05, 3.63) is 35.7 Å². The van der Waals surface area contributed by atoms with Crippen molar-refractivity contribution in [2.24, 2.45) is 5.92 Å². The minimum atomic E-state index is -5.08. The average molecular weight is 524 g/mol. The number of piperidine rings is 1. The molecule has 2 aromatic rings. The van der Waals surface area contributed by atoms with E-state index in [9.17, 15) is 27.1 Å². The standard InChI is InChI=1S/C19H25F2N5OS.C2HF3O2/c1-3-28-16-6-4-5-14(9-16)10-22-17-23-13(2)24-18(25-17)26-8-7-19(20,21)15(11-26)12-27;3-2(4,5)1(6)7/h4-6,9,15,27H,3,7-8,10-12H2,1-2H3,(H,22,23,24,25);(H,6,7). The van der Waals surface area contributed by atoms with Crippen LogP contribution in [0, 0.1) is 12.8 Å². The Bertz CT molecular complexity index is 996. The summed E-state index contributed by atoms with van der Waals surface area (Å²) in [6.07, 6.45) is -5.41. The molecule has 0 bridgehead atoms. The predicted molar refractivity (Wildman–Crippen MR) is 121 cm³/mol. The molecule has 1 unspecified atom stereocenters. The van der Waals surface area contributed by atoms with E-state index < -0.39 is 30.6 Å². The highest BCUT2D eigenvalue weighted by Crippen LogP contribution is 2.34. The van der Waals surface area contributed by atoms with Crippen molar-refractivity contribution >= 4 is 29.6 Å². The number of aliphatic carboxylic acids is 1. The third-order valence-corrected chi connectivity index (χ3v) is 5.77. The van der Waals surface area contributed by atoms with Crippen LogP contribution in [0.1, 0.15) is 24.7 Å². The van der Waals surface area contributed by atoms with E-state index in [1.54, 1.807) is 23.6 Å².